The molecule has 1 heterocycles. The van der Waals surface area contributed by atoms with Gasteiger partial charge in [-0.25, -0.2) is 0 Å². The number of hydrogen-bond donors (Lipinski definition) is 1. The van der Waals surface area contributed by atoms with Crippen LogP contribution in [0.1, 0.15) is 6.42 Å². The van der Waals surface area contributed by atoms with Gasteiger partial charge in [-0.1, -0.05) is 0 Å². The number of carbonyl (C=O) groups is 1. The second-order valence-electron chi connectivity index (χ2n) is 4.44. The van der Waals surface area contributed by atoms with Gasteiger partial charge in [0.05, 0.1) is 15.9 Å². The molecule has 1 aromatic carbocycles. The fourth-order valence-electron chi connectivity index (χ4n) is 2.14. The van der Waals surface area contributed by atoms with Gasteiger partial charge in [-0.05, 0) is 6.07 Å². The summed E-state index contributed by atoms with van der Waals surface area (Å²) in [5, 5.41) is 30.7. The van der Waals surface area contributed by atoms with Crippen LogP contribution < -0.4 is 4.90 Å². The predicted octanol–water partition coefficient (Wildman–Crippen LogP) is 0.848. The Morgan fingerprint density at radius 2 is 2.00 bits per heavy atom. The maximum atomic E-state index is 11.8. The second kappa shape index (κ2) is 5.21. The van der Waals surface area contributed by atoms with E-state index in [0.29, 0.717) is 0 Å². The maximum Gasteiger partial charge on any atom is 0.299 e. The third-order valence-corrected chi connectivity index (χ3v) is 3.12. The number of aliphatic hydroxyl groups is 1. The van der Waals surface area contributed by atoms with Gasteiger partial charge in [-0.2, -0.15) is 0 Å². The van der Waals surface area contributed by atoms with E-state index in [4.69, 9.17) is 5.11 Å². The van der Waals surface area contributed by atoms with Crippen LogP contribution in [0.15, 0.2) is 18.2 Å². The van der Waals surface area contributed by atoms with Crippen LogP contribution in [0.5, 0.6) is 0 Å². The number of nitro benzene ring substituents is 2. The van der Waals surface area contributed by atoms with Gasteiger partial charge in [-0.15, -0.1) is 0 Å². The molecule has 0 radical (unpaired) electrons. The number of benzene rings is 1. The number of nitrogens with zero attached hydrogens (tertiary/aromatic N) is 3. The number of hydrogen-bond acceptors (Lipinski definition) is 6. The smallest absolute Gasteiger partial charge is 0.299 e. The molecule has 1 saturated heterocycles. The second-order valence-corrected chi connectivity index (χ2v) is 4.44. The van der Waals surface area contributed by atoms with Crippen LogP contribution in [0.2, 0.25) is 0 Å². The van der Waals surface area contributed by atoms with Crippen molar-refractivity contribution in [3.63, 3.8) is 0 Å². The maximum absolute atomic E-state index is 11.8. The molecule has 0 aliphatic carbocycles. The molecular weight excluding hydrogens is 270 g/mol. The van der Waals surface area contributed by atoms with Gasteiger partial charge in [0.2, 0.25) is 5.91 Å². The third-order valence-electron chi connectivity index (χ3n) is 3.12. The van der Waals surface area contributed by atoms with Crippen LogP contribution in [0.3, 0.4) is 0 Å². The normalized spacial score (nSPS) is 18.4. The molecule has 1 aliphatic heterocycles. The van der Waals surface area contributed by atoms with Crippen molar-refractivity contribution in [1.29, 1.82) is 0 Å². The highest BCUT2D eigenvalue weighted by Gasteiger charge is 2.34. The number of nitro groups is 2. The first-order chi connectivity index (χ1) is 9.43. The molecule has 0 saturated carbocycles. The Kier molecular flexibility index (Phi) is 3.61. The van der Waals surface area contributed by atoms with Crippen LogP contribution in [0.4, 0.5) is 17.1 Å². The molecule has 106 valence electrons. The SMILES string of the molecule is O=C1CC(CO)CN1c1ccc([N+](=O)[O-])cc1[N+](=O)[O-]. The van der Waals surface area contributed by atoms with Crippen molar-refractivity contribution < 1.29 is 19.7 Å². The van der Waals surface area contributed by atoms with Gasteiger partial charge in [0, 0.05) is 31.6 Å². The van der Waals surface area contributed by atoms with E-state index < -0.39 is 21.2 Å². The summed E-state index contributed by atoms with van der Waals surface area (Å²) in [5.74, 6) is -0.627. The zero-order chi connectivity index (χ0) is 14.9. The summed E-state index contributed by atoms with van der Waals surface area (Å²) < 4.78 is 0. The predicted molar refractivity (Wildman–Crippen MR) is 67.3 cm³/mol. The van der Waals surface area contributed by atoms with Crippen LogP contribution in [0, 0.1) is 26.1 Å². The van der Waals surface area contributed by atoms with E-state index in [9.17, 15) is 25.0 Å². The van der Waals surface area contributed by atoms with Crippen molar-refractivity contribution in [1.82, 2.24) is 0 Å². The molecule has 0 bridgehead atoms. The molecule has 0 spiro atoms. The zero-order valence-electron chi connectivity index (χ0n) is 10.3. The van der Waals surface area contributed by atoms with E-state index >= 15 is 0 Å². The van der Waals surface area contributed by atoms with Crippen LogP contribution in [-0.2, 0) is 4.79 Å². The zero-order valence-corrected chi connectivity index (χ0v) is 10.3. The molecule has 1 aromatic rings. The van der Waals surface area contributed by atoms with Crippen molar-refractivity contribution in [2.75, 3.05) is 18.1 Å². The van der Waals surface area contributed by atoms with Crippen LogP contribution in [0.25, 0.3) is 0 Å². The minimum absolute atomic E-state index is 0.0153. The summed E-state index contributed by atoms with van der Waals surface area (Å²) in [5.41, 5.74) is -0.890. The van der Waals surface area contributed by atoms with Crippen molar-refractivity contribution in [3.05, 3.63) is 38.4 Å². The van der Waals surface area contributed by atoms with Crippen molar-refractivity contribution in [2.24, 2.45) is 5.92 Å². The molecule has 20 heavy (non-hydrogen) atoms. The summed E-state index contributed by atoms with van der Waals surface area (Å²) in [7, 11) is 0. The Bertz CT molecular complexity index is 588. The topological polar surface area (TPSA) is 127 Å². The van der Waals surface area contributed by atoms with E-state index in [1.165, 1.54) is 11.0 Å². The van der Waals surface area contributed by atoms with Crippen LogP contribution >= 0.6 is 0 Å². The monoisotopic (exact) mass is 281 g/mol. The van der Waals surface area contributed by atoms with E-state index in [0.717, 1.165) is 12.1 Å². The lowest BCUT2D eigenvalue weighted by Crippen LogP contribution is -2.25. The standard InChI is InChI=1S/C11H11N3O6/c15-6-7-3-11(16)12(5-7)9-2-1-8(13(17)18)4-10(9)14(19)20/h1-2,4,7,15H,3,5-6H2. The first-order valence-electron chi connectivity index (χ1n) is 5.78. The first-order valence-corrected chi connectivity index (χ1v) is 5.78. The van der Waals surface area contributed by atoms with Crippen molar-refractivity contribution >= 4 is 23.0 Å². The Morgan fingerprint density at radius 3 is 2.50 bits per heavy atom. The highest BCUT2D eigenvalue weighted by atomic mass is 16.6. The van der Waals surface area contributed by atoms with Crippen molar-refractivity contribution in [2.45, 2.75) is 6.42 Å². The minimum Gasteiger partial charge on any atom is -0.396 e. The molecule has 9 heteroatoms. The molecule has 2 rings (SSSR count). The average Bonchev–Trinajstić information content (AvgIpc) is 2.79. The quantitative estimate of drug-likeness (QED) is 0.643. The molecule has 1 fully saturated rings. The highest BCUT2D eigenvalue weighted by Crippen LogP contribution is 2.35. The summed E-state index contributed by atoms with van der Waals surface area (Å²) in [4.78, 5) is 33.1. The average molecular weight is 281 g/mol. The Hall–Kier alpha value is -2.55. The van der Waals surface area contributed by atoms with Gasteiger partial charge in [-0.3, -0.25) is 25.0 Å². The molecule has 1 atom stereocenters. The molecule has 0 aromatic heterocycles. The lowest BCUT2D eigenvalue weighted by Gasteiger charge is -2.16. The molecule has 1 amide bonds. The van der Waals surface area contributed by atoms with E-state index in [-0.39, 0.29) is 37.1 Å². The summed E-state index contributed by atoms with van der Waals surface area (Å²) in [6, 6.07) is 3.13. The number of carbonyl (C=O) groups excluding carboxylic acids is 1. The van der Waals surface area contributed by atoms with Crippen LogP contribution in [-0.4, -0.2) is 34.0 Å². The molecular formula is C11H11N3O6. The molecule has 1 N–H and O–H groups in total. The lowest BCUT2D eigenvalue weighted by atomic mass is 10.1. The largest absolute Gasteiger partial charge is 0.396 e. The van der Waals surface area contributed by atoms with Gasteiger partial charge in [0.25, 0.3) is 11.4 Å². The van der Waals surface area contributed by atoms with E-state index in [2.05, 4.69) is 0 Å². The lowest BCUT2D eigenvalue weighted by molar-refractivity contribution is -0.393. The fourth-order valence-corrected chi connectivity index (χ4v) is 2.14. The van der Waals surface area contributed by atoms with E-state index in [1.807, 2.05) is 0 Å². The Labute approximate surface area is 112 Å². The number of amides is 1. The molecule has 1 unspecified atom stereocenters. The number of rotatable bonds is 4. The summed E-state index contributed by atoms with van der Waals surface area (Å²) >= 11 is 0. The number of anilines is 1. The third kappa shape index (κ3) is 2.43. The van der Waals surface area contributed by atoms with Gasteiger partial charge in [0.15, 0.2) is 0 Å². The molecule has 1 aliphatic rings. The fraction of sp³-hybridized carbons (Fsp3) is 0.364. The number of non-ortho nitro benzene ring substituents is 1. The Balaban J connectivity index is 2.44. The Morgan fingerprint density at radius 1 is 1.30 bits per heavy atom. The molecule has 9 nitrogen and oxygen atoms in total. The van der Waals surface area contributed by atoms with Gasteiger partial charge in [0.1, 0.15) is 5.69 Å². The minimum atomic E-state index is -0.762. The summed E-state index contributed by atoms with van der Waals surface area (Å²) in [6.07, 6.45) is 0.102. The van der Waals surface area contributed by atoms with Gasteiger partial charge >= 0.3 is 0 Å². The van der Waals surface area contributed by atoms with Crippen molar-refractivity contribution in [3.8, 4) is 0 Å². The van der Waals surface area contributed by atoms with E-state index in [1.54, 1.807) is 0 Å². The first kappa shape index (κ1) is 13.9. The van der Waals surface area contributed by atoms with Gasteiger partial charge < -0.3 is 10.0 Å². The summed E-state index contributed by atoms with van der Waals surface area (Å²) in [6.45, 7) is -0.0308. The number of aliphatic hydroxyl groups excluding tert-OH is 1. The highest BCUT2D eigenvalue weighted by molar-refractivity contribution is 5.98.